The Morgan fingerprint density at radius 1 is 1.44 bits per heavy atom. The number of hydrogen-bond acceptors (Lipinski definition) is 4. The van der Waals surface area contributed by atoms with Crippen LogP contribution in [0.3, 0.4) is 0 Å². The summed E-state index contributed by atoms with van der Waals surface area (Å²) in [4.78, 5) is 2.30. The Morgan fingerprint density at radius 2 is 2.19 bits per heavy atom. The standard InChI is InChI=1S/C12H26N2O2/c1-10(2)16-9-12(15)8-14-6-4-3-5-11(14)7-13/h10-12,15H,3-9,13H2,1-2H3. The van der Waals surface area contributed by atoms with Crippen molar-refractivity contribution in [3.8, 4) is 0 Å². The number of rotatable bonds is 6. The number of β-amino-alcohol motifs (C(OH)–C–C–N with tert-alkyl or cyclic N) is 1. The fraction of sp³-hybridized carbons (Fsp3) is 1.00. The highest BCUT2D eigenvalue weighted by Crippen LogP contribution is 2.16. The van der Waals surface area contributed by atoms with Gasteiger partial charge < -0.3 is 15.6 Å². The molecule has 2 unspecified atom stereocenters. The van der Waals surface area contributed by atoms with Crippen LogP contribution in [0.4, 0.5) is 0 Å². The van der Waals surface area contributed by atoms with E-state index in [0.29, 0.717) is 25.7 Å². The van der Waals surface area contributed by atoms with Crippen molar-refractivity contribution in [3.05, 3.63) is 0 Å². The normalized spacial score (nSPS) is 24.9. The topological polar surface area (TPSA) is 58.7 Å². The van der Waals surface area contributed by atoms with Crippen molar-refractivity contribution in [2.75, 3.05) is 26.2 Å². The molecular weight excluding hydrogens is 204 g/mol. The number of nitrogens with zero attached hydrogens (tertiary/aromatic N) is 1. The molecule has 1 saturated heterocycles. The number of likely N-dealkylation sites (tertiary alicyclic amines) is 1. The van der Waals surface area contributed by atoms with E-state index in [2.05, 4.69) is 4.90 Å². The fourth-order valence-electron chi connectivity index (χ4n) is 2.19. The Labute approximate surface area is 98.8 Å². The summed E-state index contributed by atoms with van der Waals surface area (Å²) in [6.07, 6.45) is 3.43. The maximum Gasteiger partial charge on any atom is 0.0900 e. The van der Waals surface area contributed by atoms with Crippen LogP contribution < -0.4 is 5.73 Å². The summed E-state index contributed by atoms with van der Waals surface area (Å²) >= 11 is 0. The smallest absolute Gasteiger partial charge is 0.0900 e. The van der Waals surface area contributed by atoms with Crippen LogP contribution in [0, 0.1) is 0 Å². The SMILES string of the molecule is CC(C)OCC(O)CN1CCCCC1CN. The van der Waals surface area contributed by atoms with Crippen molar-refractivity contribution in [2.45, 2.75) is 51.4 Å². The number of ether oxygens (including phenoxy) is 1. The van der Waals surface area contributed by atoms with Gasteiger partial charge in [-0.1, -0.05) is 6.42 Å². The quantitative estimate of drug-likeness (QED) is 0.701. The first-order valence-electron chi connectivity index (χ1n) is 6.37. The maximum absolute atomic E-state index is 9.86. The second kappa shape index (κ2) is 7.22. The Balaban J connectivity index is 2.27. The maximum atomic E-state index is 9.86. The molecule has 4 nitrogen and oxygen atoms in total. The lowest BCUT2D eigenvalue weighted by molar-refractivity contribution is -0.0176. The van der Waals surface area contributed by atoms with Gasteiger partial charge in [-0.2, -0.15) is 0 Å². The number of nitrogens with two attached hydrogens (primary N) is 1. The fourth-order valence-corrected chi connectivity index (χ4v) is 2.19. The molecule has 0 aromatic rings. The van der Waals surface area contributed by atoms with Crippen molar-refractivity contribution in [1.82, 2.24) is 4.90 Å². The minimum absolute atomic E-state index is 0.182. The van der Waals surface area contributed by atoms with Crippen LogP contribution in [0.1, 0.15) is 33.1 Å². The molecule has 0 amide bonds. The highest BCUT2D eigenvalue weighted by Gasteiger charge is 2.23. The van der Waals surface area contributed by atoms with E-state index in [-0.39, 0.29) is 6.10 Å². The largest absolute Gasteiger partial charge is 0.389 e. The first-order chi connectivity index (χ1) is 7.63. The summed E-state index contributed by atoms with van der Waals surface area (Å²) in [5.41, 5.74) is 5.74. The zero-order valence-electron chi connectivity index (χ0n) is 10.6. The van der Waals surface area contributed by atoms with E-state index in [1.54, 1.807) is 0 Å². The molecule has 1 rings (SSSR count). The highest BCUT2D eigenvalue weighted by molar-refractivity contribution is 4.79. The van der Waals surface area contributed by atoms with Gasteiger partial charge in [-0.15, -0.1) is 0 Å². The van der Waals surface area contributed by atoms with E-state index in [9.17, 15) is 5.11 Å². The van der Waals surface area contributed by atoms with Gasteiger partial charge in [0.15, 0.2) is 0 Å². The Kier molecular flexibility index (Phi) is 6.28. The number of aliphatic hydroxyl groups is 1. The summed E-state index contributed by atoms with van der Waals surface area (Å²) in [6, 6.07) is 0.447. The van der Waals surface area contributed by atoms with Gasteiger partial charge in [0.25, 0.3) is 0 Å². The molecule has 1 heterocycles. The third-order valence-electron chi connectivity index (χ3n) is 3.09. The number of hydrogen-bond donors (Lipinski definition) is 2. The number of aliphatic hydroxyl groups excluding tert-OH is 1. The molecule has 0 aliphatic carbocycles. The lowest BCUT2D eigenvalue weighted by Gasteiger charge is -2.36. The van der Waals surface area contributed by atoms with Crippen molar-refractivity contribution in [3.63, 3.8) is 0 Å². The van der Waals surface area contributed by atoms with Crippen LogP contribution >= 0.6 is 0 Å². The minimum Gasteiger partial charge on any atom is -0.389 e. The molecule has 0 aromatic heterocycles. The second-order valence-electron chi connectivity index (χ2n) is 4.92. The molecule has 1 aliphatic heterocycles. The summed E-state index contributed by atoms with van der Waals surface area (Å²) < 4.78 is 5.41. The molecule has 0 saturated carbocycles. The first-order valence-corrected chi connectivity index (χ1v) is 6.37. The van der Waals surface area contributed by atoms with Crippen molar-refractivity contribution >= 4 is 0 Å². The Bertz CT molecular complexity index is 188. The molecular formula is C12H26N2O2. The third kappa shape index (κ3) is 4.78. The molecule has 96 valence electrons. The van der Waals surface area contributed by atoms with E-state index in [0.717, 1.165) is 13.0 Å². The number of piperidine rings is 1. The lowest BCUT2D eigenvalue weighted by Crippen LogP contribution is -2.48. The van der Waals surface area contributed by atoms with E-state index in [4.69, 9.17) is 10.5 Å². The first kappa shape index (κ1) is 13.9. The Morgan fingerprint density at radius 3 is 2.81 bits per heavy atom. The predicted octanol–water partition coefficient (Wildman–Crippen LogP) is 0.586. The zero-order valence-corrected chi connectivity index (χ0v) is 10.6. The van der Waals surface area contributed by atoms with Crippen LogP contribution in [-0.2, 0) is 4.74 Å². The van der Waals surface area contributed by atoms with Gasteiger partial charge in [0.05, 0.1) is 18.8 Å². The van der Waals surface area contributed by atoms with Crippen LogP contribution in [-0.4, -0.2) is 54.5 Å². The third-order valence-corrected chi connectivity index (χ3v) is 3.09. The summed E-state index contributed by atoms with van der Waals surface area (Å²) in [5.74, 6) is 0. The van der Waals surface area contributed by atoms with Gasteiger partial charge in [0, 0.05) is 19.1 Å². The minimum atomic E-state index is -0.394. The predicted molar refractivity (Wildman–Crippen MR) is 65.4 cm³/mol. The summed E-state index contributed by atoms with van der Waals surface area (Å²) in [5, 5.41) is 9.86. The molecule has 1 aliphatic rings. The average Bonchev–Trinajstić information content (AvgIpc) is 2.27. The van der Waals surface area contributed by atoms with Crippen LogP contribution in [0.5, 0.6) is 0 Å². The van der Waals surface area contributed by atoms with Crippen molar-refractivity contribution in [1.29, 1.82) is 0 Å². The molecule has 0 aromatic carbocycles. The molecule has 2 atom stereocenters. The zero-order chi connectivity index (χ0) is 12.0. The van der Waals surface area contributed by atoms with Gasteiger partial charge in [0.2, 0.25) is 0 Å². The van der Waals surface area contributed by atoms with Crippen LogP contribution in [0.25, 0.3) is 0 Å². The van der Waals surface area contributed by atoms with E-state index < -0.39 is 6.10 Å². The molecule has 0 bridgehead atoms. The van der Waals surface area contributed by atoms with Crippen LogP contribution in [0.15, 0.2) is 0 Å². The van der Waals surface area contributed by atoms with Crippen molar-refractivity contribution in [2.24, 2.45) is 5.73 Å². The van der Waals surface area contributed by atoms with Crippen LogP contribution in [0.2, 0.25) is 0 Å². The molecule has 3 N–H and O–H groups in total. The average molecular weight is 230 g/mol. The monoisotopic (exact) mass is 230 g/mol. The summed E-state index contributed by atoms with van der Waals surface area (Å²) in [6.45, 7) is 6.82. The molecule has 0 spiro atoms. The highest BCUT2D eigenvalue weighted by atomic mass is 16.5. The lowest BCUT2D eigenvalue weighted by atomic mass is 10.0. The molecule has 4 heteroatoms. The van der Waals surface area contributed by atoms with Gasteiger partial charge in [-0.3, -0.25) is 4.90 Å². The summed E-state index contributed by atoms with van der Waals surface area (Å²) in [7, 11) is 0. The van der Waals surface area contributed by atoms with Gasteiger partial charge in [0.1, 0.15) is 0 Å². The second-order valence-corrected chi connectivity index (χ2v) is 4.92. The molecule has 0 radical (unpaired) electrons. The molecule has 1 fully saturated rings. The van der Waals surface area contributed by atoms with Crippen molar-refractivity contribution < 1.29 is 9.84 Å². The molecule has 16 heavy (non-hydrogen) atoms. The van der Waals surface area contributed by atoms with E-state index in [1.165, 1.54) is 12.8 Å². The van der Waals surface area contributed by atoms with Gasteiger partial charge in [-0.05, 0) is 33.2 Å². The Hall–Kier alpha value is -0.160. The van der Waals surface area contributed by atoms with E-state index in [1.807, 2.05) is 13.8 Å². The van der Waals surface area contributed by atoms with E-state index >= 15 is 0 Å². The van der Waals surface area contributed by atoms with Gasteiger partial charge in [-0.25, -0.2) is 0 Å². The van der Waals surface area contributed by atoms with Gasteiger partial charge >= 0.3 is 0 Å².